The van der Waals surface area contributed by atoms with Crippen molar-refractivity contribution in [2.45, 2.75) is 65.7 Å². The molecule has 2 aromatic rings. The second-order valence-corrected chi connectivity index (χ2v) is 8.52. The molecule has 7 nitrogen and oxygen atoms in total. The molecule has 0 aromatic carbocycles. The SMILES string of the molecule is CC(F)COc1cc(CN(Cc2ccnc(OC[C@@H](C)F)c2)C(=O)OC(C)(C)C)ccn1. The predicted octanol–water partition coefficient (Wildman–Crippen LogP) is 4.89. The Morgan fingerprint density at radius 3 is 1.75 bits per heavy atom. The summed E-state index contributed by atoms with van der Waals surface area (Å²) >= 11 is 0. The van der Waals surface area contributed by atoms with Gasteiger partial charge in [0.25, 0.3) is 0 Å². The summed E-state index contributed by atoms with van der Waals surface area (Å²) in [4.78, 5) is 22.5. The van der Waals surface area contributed by atoms with Gasteiger partial charge in [0.05, 0.1) is 0 Å². The van der Waals surface area contributed by atoms with Gasteiger partial charge in [0.1, 0.15) is 31.2 Å². The molecule has 0 saturated heterocycles. The van der Waals surface area contributed by atoms with Crippen molar-refractivity contribution < 1.29 is 27.8 Å². The number of amides is 1. The quantitative estimate of drug-likeness (QED) is 0.512. The van der Waals surface area contributed by atoms with E-state index in [-0.39, 0.29) is 38.1 Å². The summed E-state index contributed by atoms with van der Waals surface area (Å²) in [7, 11) is 0. The Labute approximate surface area is 187 Å². The molecule has 0 aliphatic rings. The minimum absolute atomic E-state index is 0.108. The number of hydrogen-bond acceptors (Lipinski definition) is 6. The first-order valence-corrected chi connectivity index (χ1v) is 10.4. The van der Waals surface area contributed by atoms with Crippen molar-refractivity contribution in [2.75, 3.05) is 13.2 Å². The molecule has 1 amide bonds. The minimum atomic E-state index is -1.12. The number of halogens is 2. The molecule has 2 heterocycles. The maximum absolute atomic E-state index is 13.1. The molecule has 0 aliphatic heterocycles. The summed E-state index contributed by atoms with van der Waals surface area (Å²) in [6.45, 7) is 8.36. The summed E-state index contributed by atoms with van der Waals surface area (Å²) in [5.74, 6) is 0.548. The highest BCUT2D eigenvalue weighted by Gasteiger charge is 2.23. The Balaban J connectivity index is 2.19. The first-order chi connectivity index (χ1) is 15.0. The number of nitrogens with zero attached hydrogens (tertiary/aromatic N) is 3. The van der Waals surface area contributed by atoms with Crippen LogP contribution in [0.3, 0.4) is 0 Å². The lowest BCUT2D eigenvalue weighted by Gasteiger charge is -2.27. The summed E-state index contributed by atoms with van der Waals surface area (Å²) in [6, 6.07) is 6.80. The molecule has 2 rings (SSSR count). The summed E-state index contributed by atoms with van der Waals surface area (Å²) in [5.41, 5.74) is 0.802. The van der Waals surface area contributed by atoms with Gasteiger partial charge >= 0.3 is 6.09 Å². The van der Waals surface area contributed by atoms with E-state index in [1.165, 1.54) is 31.1 Å². The molecule has 0 radical (unpaired) electrons. The van der Waals surface area contributed by atoms with Gasteiger partial charge in [-0.1, -0.05) is 0 Å². The van der Waals surface area contributed by atoms with Crippen LogP contribution < -0.4 is 9.47 Å². The van der Waals surface area contributed by atoms with Crippen LogP contribution >= 0.6 is 0 Å². The van der Waals surface area contributed by atoms with Crippen LogP contribution in [0.4, 0.5) is 13.6 Å². The topological polar surface area (TPSA) is 73.8 Å². The van der Waals surface area contributed by atoms with Crippen LogP contribution in [0.2, 0.25) is 0 Å². The number of carbonyl (C=O) groups excluding carboxylic acids is 1. The lowest BCUT2D eigenvalue weighted by molar-refractivity contribution is 0.0216. The summed E-state index contributed by atoms with van der Waals surface area (Å²) in [5, 5.41) is 0. The van der Waals surface area contributed by atoms with E-state index in [4.69, 9.17) is 14.2 Å². The van der Waals surface area contributed by atoms with Crippen molar-refractivity contribution in [3.8, 4) is 11.8 Å². The zero-order chi connectivity index (χ0) is 23.7. The van der Waals surface area contributed by atoms with Gasteiger partial charge in [0, 0.05) is 37.6 Å². The maximum Gasteiger partial charge on any atom is 0.410 e. The summed E-state index contributed by atoms with van der Waals surface area (Å²) < 4.78 is 42.4. The van der Waals surface area contributed by atoms with Crippen LogP contribution in [0.1, 0.15) is 45.7 Å². The summed E-state index contributed by atoms with van der Waals surface area (Å²) in [6.07, 6.45) is 0.324. The van der Waals surface area contributed by atoms with E-state index in [9.17, 15) is 13.6 Å². The van der Waals surface area contributed by atoms with E-state index in [1.807, 2.05) is 0 Å². The highest BCUT2D eigenvalue weighted by atomic mass is 19.1. The van der Waals surface area contributed by atoms with Gasteiger partial charge < -0.3 is 14.2 Å². The van der Waals surface area contributed by atoms with Crippen molar-refractivity contribution in [3.05, 3.63) is 47.8 Å². The Morgan fingerprint density at radius 2 is 1.38 bits per heavy atom. The lowest BCUT2D eigenvalue weighted by Crippen LogP contribution is -2.36. The number of aromatic nitrogens is 2. The van der Waals surface area contributed by atoms with Crippen LogP contribution in [0.5, 0.6) is 11.8 Å². The number of ether oxygens (including phenoxy) is 3. The fourth-order valence-electron chi connectivity index (χ4n) is 2.61. The van der Waals surface area contributed by atoms with Crippen molar-refractivity contribution in [1.82, 2.24) is 14.9 Å². The lowest BCUT2D eigenvalue weighted by atomic mass is 10.2. The molecule has 0 spiro atoms. The van der Waals surface area contributed by atoms with Gasteiger partial charge in [-0.2, -0.15) is 0 Å². The van der Waals surface area contributed by atoms with E-state index < -0.39 is 24.0 Å². The molecule has 32 heavy (non-hydrogen) atoms. The number of carbonyl (C=O) groups is 1. The normalized spacial score (nSPS) is 13.2. The minimum Gasteiger partial charge on any atom is -0.475 e. The van der Waals surface area contributed by atoms with Crippen molar-refractivity contribution in [2.24, 2.45) is 0 Å². The molecular weight excluding hydrogens is 420 g/mol. The number of hydrogen-bond donors (Lipinski definition) is 0. The molecular formula is C23H31F2N3O4. The van der Waals surface area contributed by atoms with Crippen LogP contribution in [0, 0.1) is 0 Å². The molecule has 0 saturated carbocycles. The number of rotatable bonds is 10. The average Bonchev–Trinajstić information content (AvgIpc) is 2.69. The Bertz CT molecular complexity index is 815. The maximum atomic E-state index is 13.1. The fraction of sp³-hybridized carbons (Fsp3) is 0.522. The van der Waals surface area contributed by atoms with Crippen LogP contribution in [-0.4, -0.2) is 52.1 Å². The van der Waals surface area contributed by atoms with Gasteiger partial charge in [-0.15, -0.1) is 0 Å². The van der Waals surface area contributed by atoms with Gasteiger partial charge in [0.15, 0.2) is 0 Å². The highest BCUT2D eigenvalue weighted by molar-refractivity contribution is 5.68. The zero-order valence-corrected chi connectivity index (χ0v) is 19.2. The molecule has 0 N–H and O–H groups in total. The molecule has 1 unspecified atom stereocenters. The van der Waals surface area contributed by atoms with Gasteiger partial charge in [-0.3, -0.25) is 4.90 Å². The Morgan fingerprint density at radius 1 is 0.938 bits per heavy atom. The second-order valence-electron chi connectivity index (χ2n) is 8.52. The molecule has 0 fully saturated rings. The Kier molecular flexibility index (Phi) is 9.16. The molecule has 9 heteroatoms. The standard InChI is InChI=1S/C23H31F2N3O4/c1-16(24)14-30-20-10-18(6-8-26-20)12-28(22(29)32-23(3,4)5)13-19-7-9-27-21(11-19)31-15-17(2)25/h6-11,16-17H,12-15H2,1-5H3/t16-,17?/m1/s1. The van der Waals surface area contributed by atoms with Gasteiger partial charge in [0.2, 0.25) is 11.8 Å². The van der Waals surface area contributed by atoms with Crippen LogP contribution in [0.15, 0.2) is 36.7 Å². The molecule has 2 atom stereocenters. The monoisotopic (exact) mass is 451 g/mol. The first kappa shape index (κ1) is 25.3. The van der Waals surface area contributed by atoms with E-state index in [1.54, 1.807) is 45.0 Å². The van der Waals surface area contributed by atoms with E-state index in [2.05, 4.69) is 9.97 Å². The molecule has 0 bridgehead atoms. The third kappa shape index (κ3) is 9.45. The number of alkyl halides is 2. The van der Waals surface area contributed by atoms with Crippen molar-refractivity contribution in [3.63, 3.8) is 0 Å². The third-order valence-electron chi connectivity index (χ3n) is 3.92. The predicted molar refractivity (Wildman–Crippen MR) is 116 cm³/mol. The Hall–Kier alpha value is -2.97. The van der Waals surface area contributed by atoms with E-state index in [0.717, 1.165) is 11.1 Å². The molecule has 176 valence electrons. The second kappa shape index (κ2) is 11.6. The van der Waals surface area contributed by atoms with Crippen LogP contribution in [0.25, 0.3) is 0 Å². The fourth-order valence-corrected chi connectivity index (χ4v) is 2.61. The first-order valence-electron chi connectivity index (χ1n) is 10.4. The highest BCUT2D eigenvalue weighted by Crippen LogP contribution is 2.19. The van der Waals surface area contributed by atoms with E-state index in [0.29, 0.717) is 0 Å². The molecule has 0 aliphatic carbocycles. The van der Waals surface area contributed by atoms with Crippen molar-refractivity contribution >= 4 is 6.09 Å². The van der Waals surface area contributed by atoms with Gasteiger partial charge in [-0.05, 0) is 57.9 Å². The van der Waals surface area contributed by atoms with Gasteiger partial charge in [-0.25, -0.2) is 23.5 Å². The average molecular weight is 452 g/mol. The van der Waals surface area contributed by atoms with E-state index >= 15 is 0 Å². The number of pyridine rings is 2. The third-order valence-corrected chi connectivity index (χ3v) is 3.92. The largest absolute Gasteiger partial charge is 0.475 e. The van der Waals surface area contributed by atoms with Crippen molar-refractivity contribution in [1.29, 1.82) is 0 Å². The zero-order valence-electron chi connectivity index (χ0n) is 19.2. The van der Waals surface area contributed by atoms with Crippen LogP contribution in [-0.2, 0) is 17.8 Å². The molecule has 2 aromatic heterocycles. The smallest absolute Gasteiger partial charge is 0.410 e.